The average Bonchev–Trinajstić information content (AvgIpc) is 2.41. The summed E-state index contributed by atoms with van der Waals surface area (Å²) < 4.78 is 25.8. The van der Waals surface area contributed by atoms with Crippen LogP contribution in [-0.4, -0.2) is 4.98 Å². The van der Waals surface area contributed by atoms with E-state index in [0.29, 0.717) is 12.1 Å². The van der Waals surface area contributed by atoms with Crippen LogP contribution in [0.2, 0.25) is 0 Å². The Labute approximate surface area is 105 Å². The van der Waals surface area contributed by atoms with Gasteiger partial charge in [0.05, 0.1) is 0 Å². The van der Waals surface area contributed by atoms with Gasteiger partial charge in [-0.15, -0.1) is 0 Å². The molecule has 0 aliphatic rings. The highest BCUT2D eigenvalue weighted by molar-refractivity contribution is 5.18. The summed E-state index contributed by atoms with van der Waals surface area (Å²) in [6.07, 6.45) is 3.49. The monoisotopic (exact) mass is 248 g/mol. The van der Waals surface area contributed by atoms with Crippen molar-refractivity contribution in [2.24, 2.45) is 0 Å². The van der Waals surface area contributed by atoms with Crippen molar-refractivity contribution in [2.75, 3.05) is 0 Å². The Morgan fingerprint density at radius 1 is 1.22 bits per heavy atom. The van der Waals surface area contributed by atoms with Crippen LogP contribution in [0.25, 0.3) is 0 Å². The van der Waals surface area contributed by atoms with Gasteiger partial charge in [-0.25, -0.2) is 8.78 Å². The minimum Gasteiger partial charge on any atom is -0.306 e. The normalized spacial score (nSPS) is 12.4. The van der Waals surface area contributed by atoms with Crippen molar-refractivity contribution in [1.29, 1.82) is 0 Å². The fourth-order valence-corrected chi connectivity index (χ4v) is 1.67. The number of benzene rings is 1. The van der Waals surface area contributed by atoms with Crippen LogP contribution in [0.3, 0.4) is 0 Å². The predicted octanol–water partition coefficient (Wildman–Crippen LogP) is 3.21. The molecule has 2 aromatic rings. The summed E-state index contributed by atoms with van der Waals surface area (Å²) in [6.45, 7) is 2.48. The third kappa shape index (κ3) is 3.11. The first-order valence-electron chi connectivity index (χ1n) is 5.74. The van der Waals surface area contributed by atoms with E-state index in [2.05, 4.69) is 10.3 Å². The smallest absolute Gasteiger partial charge is 0.159 e. The zero-order valence-corrected chi connectivity index (χ0v) is 10.0. The van der Waals surface area contributed by atoms with Crippen LogP contribution in [0.5, 0.6) is 0 Å². The van der Waals surface area contributed by atoms with Crippen molar-refractivity contribution in [3.8, 4) is 0 Å². The Morgan fingerprint density at radius 2 is 2.06 bits per heavy atom. The third-order valence-electron chi connectivity index (χ3n) is 2.78. The number of rotatable bonds is 4. The molecular formula is C14H14F2N2. The lowest BCUT2D eigenvalue weighted by molar-refractivity contribution is 0.504. The van der Waals surface area contributed by atoms with Crippen molar-refractivity contribution >= 4 is 0 Å². The van der Waals surface area contributed by atoms with Gasteiger partial charge in [-0.05, 0) is 36.2 Å². The van der Waals surface area contributed by atoms with Crippen molar-refractivity contribution < 1.29 is 8.78 Å². The molecule has 0 aliphatic heterocycles. The zero-order chi connectivity index (χ0) is 13.0. The molecule has 0 spiro atoms. The SMILES string of the molecule is C[C@H](NCc1ccc(F)c(F)c1)c1cccnc1. The van der Waals surface area contributed by atoms with Gasteiger partial charge in [0.15, 0.2) is 11.6 Å². The van der Waals surface area contributed by atoms with E-state index < -0.39 is 11.6 Å². The van der Waals surface area contributed by atoms with Gasteiger partial charge in [-0.1, -0.05) is 12.1 Å². The molecule has 0 radical (unpaired) electrons. The van der Waals surface area contributed by atoms with E-state index in [4.69, 9.17) is 0 Å². The molecule has 0 fully saturated rings. The Kier molecular flexibility index (Phi) is 3.99. The van der Waals surface area contributed by atoms with Gasteiger partial charge in [-0.3, -0.25) is 4.98 Å². The molecule has 0 unspecified atom stereocenters. The second-order valence-corrected chi connectivity index (χ2v) is 4.14. The number of hydrogen-bond donors (Lipinski definition) is 1. The van der Waals surface area contributed by atoms with Crippen molar-refractivity contribution in [2.45, 2.75) is 19.5 Å². The van der Waals surface area contributed by atoms with E-state index in [0.717, 1.165) is 11.6 Å². The van der Waals surface area contributed by atoms with Crippen LogP contribution < -0.4 is 5.32 Å². The molecule has 94 valence electrons. The maximum Gasteiger partial charge on any atom is 0.159 e. The number of hydrogen-bond acceptors (Lipinski definition) is 2. The summed E-state index contributed by atoms with van der Waals surface area (Å²) >= 11 is 0. The van der Waals surface area contributed by atoms with Gasteiger partial charge in [0, 0.05) is 25.0 Å². The number of nitrogens with zero attached hydrogens (tertiary/aromatic N) is 1. The summed E-state index contributed by atoms with van der Waals surface area (Å²) in [5, 5.41) is 3.23. The van der Waals surface area contributed by atoms with E-state index in [-0.39, 0.29) is 6.04 Å². The van der Waals surface area contributed by atoms with Crippen molar-refractivity contribution in [3.63, 3.8) is 0 Å². The Bertz CT molecular complexity index is 514. The minimum absolute atomic E-state index is 0.104. The number of pyridine rings is 1. The standard InChI is InChI=1S/C14H14F2N2/c1-10(12-3-2-6-17-9-12)18-8-11-4-5-13(15)14(16)7-11/h2-7,9-10,18H,8H2,1H3/t10-/m0/s1. The van der Waals surface area contributed by atoms with Crippen LogP contribution in [0.4, 0.5) is 8.78 Å². The van der Waals surface area contributed by atoms with Gasteiger partial charge >= 0.3 is 0 Å². The van der Waals surface area contributed by atoms with Crippen LogP contribution in [-0.2, 0) is 6.54 Å². The second kappa shape index (κ2) is 5.69. The molecule has 0 amide bonds. The van der Waals surface area contributed by atoms with Gasteiger partial charge < -0.3 is 5.32 Å². The first kappa shape index (κ1) is 12.6. The summed E-state index contributed by atoms with van der Waals surface area (Å²) in [7, 11) is 0. The fraction of sp³-hybridized carbons (Fsp3) is 0.214. The quantitative estimate of drug-likeness (QED) is 0.898. The molecular weight excluding hydrogens is 234 g/mol. The third-order valence-corrected chi connectivity index (χ3v) is 2.78. The van der Waals surface area contributed by atoms with E-state index in [1.54, 1.807) is 18.5 Å². The summed E-state index contributed by atoms with van der Waals surface area (Å²) in [5.41, 5.74) is 1.77. The highest BCUT2D eigenvalue weighted by Crippen LogP contribution is 2.13. The fourth-order valence-electron chi connectivity index (χ4n) is 1.67. The number of nitrogens with one attached hydrogen (secondary N) is 1. The topological polar surface area (TPSA) is 24.9 Å². The maximum absolute atomic E-state index is 13.0. The average molecular weight is 248 g/mol. The summed E-state index contributed by atoms with van der Waals surface area (Å²) in [5.74, 6) is -1.64. The van der Waals surface area contributed by atoms with Gasteiger partial charge in [0.25, 0.3) is 0 Å². The molecule has 0 bridgehead atoms. The summed E-state index contributed by atoms with van der Waals surface area (Å²) in [6, 6.07) is 7.86. The lowest BCUT2D eigenvalue weighted by atomic mass is 10.1. The highest BCUT2D eigenvalue weighted by atomic mass is 19.2. The Morgan fingerprint density at radius 3 is 2.72 bits per heavy atom. The molecule has 1 aromatic heterocycles. The molecule has 2 rings (SSSR count). The van der Waals surface area contributed by atoms with E-state index in [1.165, 1.54) is 6.07 Å². The lowest BCUT2D eigenvalue weighted by Gasteiger charge is -2.13. The summed E-state index contributed by atoms with van der Waals surface area (Å²) in [4.78, 5) is 4.04. The second-order valence-electron chi connectivity index (χ2n) is 4.14. The Balaban J connectivity index is 1.97. The van der Waals surface area contributed by atoms with Gasteiger partial charge in [-0.2, -0.15) is 0 Å². The molecule has 2 nitrogen and oxygen atoms in total. The van der Waals surface area contributed by atoms with E-state index in [9.17, 15) is 8.78 Å². The van der Waals surface area contributed by atoms with E-state index >= 15 is 0 Å². The van der Waals surface area contributed by atoms with E-state index in [1.807, 2.05) is 19.1 Å². The molecule has 1 heterocycles. The molecule has 1 atom stereocenters. The van der Waals surface area contributed by atoms with Gasteiger partial charge in [0.2, 0.25) is 0 Å². The first-order chi connectivity index (χ1) is 8.66. The molecule has 0 saturated heterocycles. The maximum atomic E-state index is 13.0. The van der Waals surface area contributed by atoms with Crippen LogP contribution >= 0.6 is 0 Å². The Hall–Kier alpha value is -1.81. The van der Waals surface area contributed by atoms with Crippen LogP contribution in [0.1, 0.15) is 24.1 Å². The number of halogens is 2. The van der Waals surface area contributed by atoms with Crippen LogP contribution in [0, 0.1) is 11.6 Å². The molecule has 1 N–H and O–H groups in total. The highest BCUT2D eigenvalue weighted by Gasteiger charge is 2.06. The van der Waals surface area contributed by atoms with Crippen molar-refractivity contribution in [1.82, 2.24) is 10.3 Å². The predicted molar refractivity (Wildman–Crippen MR) is 65.8 cm³/mol. The molecule has 1 aromatic carbocycles. The first-order valence-corrected chi connectivity index (χ1v) is 5.74. The minimum atomic E-state index is -0.820. The molecule has 18 heavy (non-hydrogen) atoms. The largest absolute Gasteiger partial charge is 0.306 e. The molecule has 0 saturated carbocycles. The molecule has 0 aliphatic carbocycles. The van der Waals surface area contributed by atoms with Gasteiger partial charge in [0.1, 0.15) is 0 Å². The number of aromatic nitrogens is 1. The van der Waals surface area contributed by atoms with Crippen LogP contribution in [0.15, 0.2) is 42.7 Å². The molecule has 4 heteroatoms. The zero-order valence-electron chi connectivity index (χ0n) is 10.0. The lowest BCUT2D eigenvalue weighted by Crippen LogP contribution is -2.18. The van der Waals surface area contributed by atoms with Crippen molar-refractivity contribution in [3.05, 3.63) is 65.5 Å².